The number of rotatable bonds is 6. The summed E-state index contributed by atoms with van der Waals surface area (Å²) in [4.78, 5) is 0. The second-order valence-corrected chi connectivity index (χ2v) is 9.35. The van der Waals surface area contributed by atoms with Crippen LogP contribution in [0.1, 0.15) is 39.3 Å². The van der Waals surface area contributed by atoms with Crippen molar-refractivity contribution in [1.29, 1.82) is 0 Å². The largest absolute Gasteiger partial charge is 0.0985 e. The molecule has 0 unspecified atom stereocenters. The molecule has 0 saturated heterocycles. The molecular formula is C37H28. The molecule has 0 bridgehead atoms. The molecule has 176 valence electrons. The lowest BCUT2D eigenvalue weighted by Gasteiger charge is -2.22. The van der Waals surface area contributed by atoms with Gasteiger partial charge in [0, 0.05) is 5.92 Å². The zero-order chi connectivity index (χ0) is 25.0. The van der Waals surface area contributed by atoms with E-state index >= 15 is 0 Å². The third-order valence-electron chi connectivity index (χ3n) is 7.17. The summed E-state index contributed by atoms with van der Waals surface area (Å²) in [6.07, 6.45) is 1.91. The summed E-state index contributed by atoms with van der Waals surface area (Å²) in [5.74, 6) is 0.0778. The van der Waals surface area contributed by atoms with Crippen molar-refractivity contribution < 1.29 is 0 Å². The molecule has 1 aliphatic rings. The van der Waals surface area contributed by atoms with Gasteiger partial charge in [-0.3, -0.25) is 0 Å². The summed E-state index contributed by atoms with van der Waals surface area (Å²) < 4.78 is 0. The molecule has 0 spiro atoms. The van der Waals surface area contributed by atoms with Gasteiger partial charge >= 0.3 is 0 Å². The fourth-order valence-corrected chi connectivity index (χ4v) is 5.53. The Bertz CT molecular complexity index is 1470. The molecule has 37 heavy (non-hydrogen) atoms. The first-order valence-electron chi connectivity index (χ1n) is 12.8. The molecule has 0 aliphatic heterocycles. The molecule has 6 rings (SSSR count). The minimum Gasteiger partial charge on any atom is -0.0985 e. The van der Waals surface area contributed by atoms with Gasteiger partial charge in [-0.2, -0.15) is 0 Å². The fraction of sp³-hybridized carbons (Fsp3) is 0.0270. The third-order valence-corrected chi connectivity index (χ3v) is 7.17. The minimum absolute atomic E-state index is 0.0778. The van der Waals surface area contributed by atoms with Gasteiger partial charge in [-0.05, 0) is 55.7 Å². The van der Waals surface area contributed by atoms with Gasteiger partial charge in [0.15, 0.2) is 0 Å². The van der Waals surface area contributed by atoms with E-state index in [-0.39, 0.29) is 5.92 Å². The molecule has 0 heterocycles. The Hall–Kier alpha value is -4.68. The van der Waals surface area contributed by atoms with Crippen molar-refractivity contribution >= 4 is 28.4 Å². The van der Waals surface area contributed by atoms with Crippen LogP contribution in [0.3, 0.4) is 0 Å². The average molecular weight is 473 g/mol. The van der Waals surface area contributed by atoms with Crippen molar-refractivity contribution in [3.63, 3.8) is 0 Å². The third kappa shape index (κ3) is 4.28. The van der Waals surface area contributed by atoms with Crippen LogP contribution in [0.2, 0.25) is 0 Å². The van der Waals surface area contributed by atoms with E-state index in [1.54, 1.807) is 0 Å². The monoisotopic (exact) mass is 472 g/mol. The van der Waals surface area contributed by atoms with Crippen LogP contribution in [0.4, 0.5) is 0 Å². The Morgan fingerprint density at radius 2 is 0.757 bits per heavy atom. The molecule has 5 aromatic rings. The molecular weight excluding hydrogens is 444 g/mol. The topological polar surface area (TPSA) is 0 Å². The van der Waals surface area contributed by atoms with Gasteiger partial charge < -0.3 is 0 Å². The first-order chi connectivity index (χ1) is 18.3. The lowest BCUT2D eigenvalue weighted by atomic mass is 9.81. The second-order valence-electron chi connectivity index (χ2n) is 9.35. The van der Waals surface area contributed by atoms with Gasteiger partial charge in [0.2, 0.25) is 0 Å². The zero-order valence-corrected chi connectivity index (χ0v) is 20.7. The normalized spacial score (nSPS) is 13.7. The maximum absolute atomic E-state index is 3.97. The highest BCUT2D eigenvalue weighted by atomic mass is 14.4. The van der Waals surface area contributed by atoms with Crippen LogP contribution in [0.15, 0.2) is 152 Å². The molecule has 0 heteroatoms. The van der Waals surface area contributed by atoms with Crippen LogP contribution < -0.4 is 0 Å². The molecule has 0 radical (unpaired) electrons. The number of allylic oxidation sites excluding steroid dienone is 4. The van der Waals surface area contributed by atoms with Gasteiger partial charge in [0.05, 0.1) is 0 Å². The van der Waals surface area contributed by atoms with E-state index in [4.69, 9.17) is 0 Å². The standard InChI is InChI=1S/C37H28/c1-2-27-23-25-32(26-24-27)37-35(30-19-11-5-12-20-30)33(28-15-7-3-8-16-28)34(29-17-9-4-10-18-29)36(37)31-21-13-6-14-22-31/h2-26,37H,1H2. The summed E-state index contributed by atoms with van der Waals surface area (Å²) in [6.45, 7) is 3.97. The first kappa shape index (κ1) is 22.8. The Balaban J connectivity index is 1.76. The molecule has 0 N–H and O–H groups in total. The molecule has 0 amide bonds. The van der Waals surface area contributed by atoms with Crippen molar-refractivity contribution in [1.82, 2.24) is 0 Å². The molecule has 0 atom stereocenters. The predicted octanol–water partition coefficient (Wildman–Crippen LogP) is 9.65. The van der Waals surface area contributed by atoms with E-state index in [0.717, 1.165) is 5.56 Å². The maximum Gasteiger partial charge on any atom is 0.0364 e. The Morgan fingerprint density at radius 1 is 0.405 bits per heavy atom. The summed E-state index contributed by atoms with van der Waals surface area (Å²) in [5, 5.41) is 0. The molecule has 5 aromatic carbocycles. The Labute approximate surface area is 219 Å². The van der Waals surface area contributed by atoms with Gasteiger partial charge in [-0.25, -0.2) is 0 Å². The van der Waals surface area contributed by atoms with Crippen molar-refractivity contribution in [2.45, 2.75) is 5.92 Å². The number of benzene rings is 5. The van der Waals surface area contributed by atoms with E-state index < -0.39 is 0 Å². The van der Waals surface area contributed by atoms with E-state index in [0.29, 0.717) is 0 Å². The van der Waals surface area contributed by atoms with Crippen LogP contribution in [0, 0.1) is 0 Å². The quantitative estimate of drug-likeness (QED) is 0.231. The van der Waals surface area contributed by atoms with Gasteiger partial charge in [0.1, 0.15) is 0 Å². The Kier molecular flexibility index (Phi) is 6.23. The van der Waals surface area contributed by atoms with Gasteiger partial charge in [-0.15, -0.1) is 0 Å². The molecule has 0 nitrogen and oxygen atoms in total. The van der Waals surface area contributed by atoms with Crippen LogP contribution in [0.5, 0.6) is 0 Å². The van der Waals surface area contributed by atoms with Crippen LogP contribution >= 0.6 is 0 Å². The summed E-state index contributed by atoms with van der Waals surface area (Å²) in [5.41, 5.74) is 12.7. The van der Waals surface area contributed by atoms with E-state index in [9.17, 15) is 0 Å². The highest BCUT2D eigenvalue weighted by Crippen LogP contribution is 2.58. The summed E-state index contributed by atoms with van der Waals surface area (Å²) >= 11 is 0. The van der Waals surface area contributed by atoms with E-state index in [2.05, 4.69) is 152 Å². The highest BCUT2D eigenvalue weighted by Gasteiger charge is 2.37. The van der Waals surface area contributed by atoms with E-state index in [1.165, 1.54) is 50.1 Å². The first-order valence-corrected chi connectivity index (χ1v) is 12.8. The fourth-order valence-electron chi connectivity index (χ4n) is 5.53. The maximum atomic E-state index is 3.97. The van der Waals surface area contributed by atoms with Crippen molar-refractivity contribution in [2.24, 2.45) is 0 Å². The van der Waals surface area contributed by atoms with Crippen molar-refractivity contribution in [3.8, 4) is 0 Å². The summed E-state index contributed by atoms with van der Waals surface area (Å²) in [7, 11) is 0. The second kappa shape index (κ2) is 10.1. The number of hydrogen-bond acceptors (Lipinski definition) is 0. The SMILES string of the molecule is C=Cc1ccc(C2C(c3ccccc3)=C(c3ccccc3)C(c3ccccc3)=C2c2ccccc2)cc1. The van der Waals surface area contributed by atoms with Crippen LogP contribution in [-0.4, -0.2) is 0 Å². The molecule has 0 saturated carbocycles. The minimum atomic E-state index is 0.0778. The lowest BCUT2D eigenvalue weighted by Crippen LogP contribution is -2.03. The highest BCUT2D eigenvalue weighted by molar-refractivity contribution is 6.29. The van der Waals surface area contributed by atoms with Gasteiger partial charge in [-0.1, -0.05) is 158 Å². The molecule has 0 aromatic heterocycles. The van der Waals surface area contributed by atoms with Crippen molar-refractivity contribution in [2.75, 3.05) is 0 Å². The molecule has 0 fully saturated rings. The smallest absolute Gasteiger partial charge is 0.0364 e. The lowest BCUT2D eigenvalue weighted by molar-refractivity contribution is 1.14. The van der Waals surface area contributed by atoms with Gasteiger partial charge in [0.25, 0.3) is 0 Å². The predicted molar refractivity (Wildman–Crippen MR) is 159 cm³/mol. The van der Waals surface area contributed by atoms with E-state index in [1.807, 2.05) is 6.08 Å². The zero-order valence-electron chi connectivity index (χ0n) is 20.7. The number of hydrogen-bond donors (Lipinski definition) is 0. The summed E-state index contributed by atoms with van der Waals surface area (Å²) in [6, 6.07) is 52.4. The molecule has 1 aliphatic carbocycles. The average Bonchev–Trinajstić information content (AvgIpc) is 3.35. The van der Waals surface area contributed by atoms with Crippen LogP contribution in [0.25, 0.3) is 28.4 Å². The Morgan fingerprint density at radius 3 is 1.11 bits per heavy atom. The van der Waals surface area contributed by atoms with Crippen LogP contribution in [-0.2, 0) is 0 Å². The van der Waals surface area contributed by atoms with Crippen molar-refractivity contribution in [3.05, 3.63) is 186 Å².